The van der Waals surface area contributed by atoms with E-state index >= 15 is 0 Å². The summed E-state index contributed by atoms with van der Waals surface area (Å²) < 4.78 is 14.0. The van der Waals surface area contributed by atoms with E-state index in [4.69, 9.17) is 0 Å². The highest BCUT2D eigenvalue weighted by molar-refractivity contribution is 9.10. The molecule has 0 spiro atoms. The molecule has 1 aromatic rings. The Morgan fingerprint density at radius 3 is 2.65 bits per heavy atom. The van der Waals surface area contributed by atoms with Crippen LogP contribution in [0.1, 0.15) is 27.9 Å². The van der Waals surface area contributed by atoms with Gasteiger partial charge in [-0.05, 0) is 43.5 Å². The molecule has 2 rings (SSSR count). The molecule has 110 valence electrons. The van der Waals surface area contributed by atoms with Gasteiger partial charge in [-0.25, -0.2) is 4.39 Å². The van der Waals surface area contributed by atoms with Crippen molar-refractivity contribution >= 4 is 21.8 Å². The maximum Gasteiger partial charge on any atom is 0.251 e. The van der Waals surface area contributed by atoms with E-state index in [1.165, 1.54) is 0 Å². The van der Waals surface area contributed by atoms with Gasteiger partial charge < -0.3 is 5.32 Å². The molecule has 1 amide bonds. The number of benzene rings is 1. The third kappa shape index (κ3) is 3.79. The Kier molecular flexibility index (Phi) is 5.16. The van der Waals surface area contributed by atoms with Crippen molar-refractivity contribution in [3.05, 3.63) is 33.3 Å². The van der Waals surface area contributed by atoms with Gasteiger partial charge in [-0.1, -0.05) is 15.9 Å². The maximum atomic E-state index is 13.0. The molecule has 0 saturated carbocycles. The third-order valence-corrected chi connectivity index (χ3v) is 4.11. The number of alkyl halides is 1. The van der Waals surface area contributed by atoms with Crippen molar-refractivity contribution in [3.8, 4) is 0 Å². The van der Waals surface area contributed by atoms with Crippen LogP contribution in [0, 0.1) is 13.8 Å². The van der Waals surface area contributed by atoms with Crippen molar-refractivity contribution in [1.82, 2.24) is 10.2 Å². The first-order chi connectivity index (χ1) is 9.47. The van der Waals surface area contributed by atoms with Crippen LogP contribution in [0.25, 0.3) is 0 Å². The van der Waals surface area contributed by atoms with Crippen LogP contribution < -0.4 is 5.32 Å². The second kappa shape index (κ2) is 6.68. The van der Waals surface area contributed by atoms with Gasteiger partial charge in [-0.2, -0.15) is 0 Å². The standard InChI is InChI=1S/C15H20BrFN2O/c1-10-7-12(16)8-11(2)14(10)15(20)18-4-6-19-5-3-13(17)9-19/h7-8,13H,3-6,9H2,1-2H3,(H,18,20). The Morgan fingerprint density at radius 2 is 2.10 bits per heavy atom. The number of carbonyl (C=O) groups is 1. The van der Waals surface area contributed by atoms with E-state index in [0.29, 0.717) is 26.1 Å². The van der Waals surface area contributed by atoms with E-state index < -0.39 is 6.17 Å². The van der Waals surface area contributed by atoms with Crippen LogP contribution in [0.3, 0.4) is 0 Å². The number of aryl methyl sites for hydroxylation is 2. The minimum Gasteiger partial charge on any atom is -0.351 e. The summed E-state index contributed by atoms with van der Waals surface area (Å²) in [6.45, 7) is 6.41. The van der Waals surface area contributed by atoms with Gasteiger partial charge in [-0.15, -0.1) is 0 Å². The van der Waals surface area contributed by atoms with E-state index in [0.717, 1.165) is 27.7 Å². The van der Waals surface area contributed by atoms with E-state index in [9.17, 15) is 9.18 Å². The number of hydrogen-bond donors (Lipinski definition) is 1. The molecule has 0 radical (unpaired) electrons. The summed E-state index contributed by atoms with van der Waals surface area (Å²) in [7, 11) is 0. The molecular weight excluding hydrogens is 323 g/mol. The molecule has 1 N–H and O–H groups in total. The predicted octanol–water partition coefficient (Wildman–Crippen LogP) is 2.84. The lowest BCUT2D eigenvalue weighted by Gasteiger charge is -2.16. The molecule has 3 nitrogen and oxygen atoms in total. The van der Waals surface area contributed by atoms with Crippen molar-refractivity contribution in [3.63, 3.8) is 0 Å². The van der Waals surface area contributed by atoms with E-state index in [-0.39, 0.29) is 5.91 Å². The fourth-order valence-corrected chi connectivity index (χ4v) is 3.36. The Balaban J connectivity index is 1.89. The number of nitrogens with zero attached hydrogens (tertiary/aromatic N) is 1. The number of rotatable bonds is 4. The molecule has 0 aromatic heterocycles. The zero-order valence-corrected chi connectivity index (χ0v) is 13.5. The van der Waals surface area contributed by atoms with Gasteiger partial charge in [0.25, 0.3) is 5.91 Å². The van der Waals surface area contributed by atoms with Crippen LogP contribution in [0.2, 0.25) is 0 Å². The largest absolute Gasteiger partial charge is 0.351 e. The topological polar surface area (TPSA) is 32.3 Å². The molecule has 1 aliphatic heterocycles. The van der Waals surface area contributed by atoms with E-state index in [2.05, 4.69) is 21.2 Å². The average Bonchev–Trinajstić information content (AvgIpc) is 2.73. The first-order valence-corrected chi connectivity index (χ1v) is 7.68. The number of amides is 1. The molecule has 1 fully saturated rings. The molecule has 1 heterocycles. The Labute approximate surface area is 127 Å². The fraction of sp³-hybridized carbons (Fsp3) is 0.533. The lowest BCUT2D eigenvalue weighted by atomic mass is 10.0. The quantitative estimate of drug-likeness (QED) is 0.912. The Hall–Kier alpha value is -0.940. The summed E-state index contributed by atoms with van der Waals surface area (Å²) >= 11 is 3.43. The molecule has 5 heteroatoms. The summed E-state index contributed by atoms with van der Waals surface area (Å²) in [5.74, 6) is -0.0523. The van der Waals surface area contributed by atoms with Crippen LogP contribution in [0.15, 0.2) is 16.6 Å². The van der Waals surface area contributed by atoms with Gasteiger partial charge in [0.2, 0.25) is 0 Å². The summed E-state index contributed by atoms with van der Waals surface area (Å²) in [5, 5.41) is 2.92. The molecular formula is C15H20BrFN2O. The third-order valence-electron chi connectivity index (χ3n) is 3.65. The summed E-state index contributed by atoms with van der Waals surface area (Å²) in [6.07, 6.45) is -0.0968. The lowest BCUT2D eigenvalue weighted by molar-refractivity contribution is 0.0948. The minimum absolute atomic E-state index is 0.0523. The van der Waals surface area contributed by atoms with Gasteiger partial charge in [0.1, 0.15) is 6.17 Å². The van der Waals surface area contributed by atoms with Gasteiger partial charge in [-0.3, -0.25) is 9.69 Å². The molecule has 20 heavy (non-hydrogen) atoms. The summed E-state index contributed by atoms with van der Waals surface area (Å²) in [6, 6.07) is 3.88. The number of nitrogens with one attached hydrogen (secondary N) is 1. The monoisotopic (exact) mass is 342 g/mol. The van der Waals surface area contributed by atoms with Crippen LogP contribution in [-0.4, -0.2) is 43.2 Å². The minimum atomic E-state index is -0.707. The van der Waals surface area contributed by atoms with Crippen molar-refractivity contribution in [2.45, 2.75) is 26.4 Å². The van der Waals surface area contributed by atoms with Crippen LogP contribution in [-0.2, 0) is 0 Å². The zero-order chi connectivity index (χ0) is 14.7. The van der Waals surface area contributed by atoms with Crippen LogP contribution in [0.5, 0.6) is 0 Å². The molecule has 1 saturated heterocycles. The molecule has 0 aliphatic carbocycles. The Morgan fingerprint density at radius 1 is 1.45 bits per heavy atom. The van der Waals surface area contributed by atoms with Crippen molar-refractivity contribution in [2.75, 3.05) is 26.2 Å². The smallest absolute Gasteiger partial charge is 0.251 e. The van der Waals surface area contributed by atoms with Crippen molar-refractivity contribution < 1.29 is 9.18 Å². The maximum absolute atomic E-state index is 13.0. The van der Waals surface area contributed by atoms with Crippen LogP contribution >= 0.6 is 15.9 Å². The number of halogens is 2. The van der Waals surface area contributed by atoms with Crippen molar-refractivity contribution in [1.29, 1.82) is 0 Å². The van der Waals surface area contributed by atoms with E-state index in [1.54, 1.807) is 0 Å². The number of likely N-dealkylation sites (tertiary alicyclic amines) is 1. The molecule has 1 atom stereocenters. The summed E-state index contributed by atoms with van der Waals surface area (Å²) in [4.78, 5) is 14.3. The van der Waals surface area contributed by atoms with Gasteiger partial charge in [0.05, 0.1) is 0 Å². The summed E-state index contributed by atoms with van der Waals surface area (Å²) in [5.41, 5.74) is 2.65. The van der Waals surface area contributed by atoms with E-state index in [1.807, 2.05) is 30.9 Å². The van der Waals surface area contributed by atoms with Gasteiger partial charge in [0.15, 0.2) is 0 Å². The fourth-order valence-electron chi connectivity index (χ4n) is 2.67. The molecule has 1 aromatic carbocycles. The first-order valence-electron chi connectivity index (χ1n) is 6.88. The predicted molar refractivity (Wildman–Crippen MR) is 81.9 cm³/mol. The van der Waals surface area contributed by atoms with Gasteiger partial charge >= 0.3 is 0 Å². The Bertz CT molecular complexity index is 484. The molecule has 1 aliphatic rings. The SMILES string of the molecule is Cc1cc(Br)cc(C)c1C(=O)NCCN1CCC(F)C1. The first kappa shape index (κ1) is 15.4. The van der Waals surface area contributed by atoms with Gasteiger partial charge in [0, 0.05) is 36.2 Å². The number of carbonyl (C=O) groups excluding carboxylic acids is 1. The highest BCUT2D eigenvalue weighted by atomic mass is 79.9. The second-order valence-corrected chi connectivity index (χ2v) is 6.27. The lowest BCUT2D eigenvalue weighted by Crippen LogP contribution is -2.34. The number of hydrogen-bond acceptors (Lipinski definition) is 2. The average molecular weight is 343 g/mol. The highest BCUT2D eigenvalue weighted by Gasteiger charge is 2.21. The zero-order valence-electron chi connectivity index (χ0n) is 11.9. The second-order valence-electron chi connectivity index (χ2n) is 5.36. The molecule has 0 bridgehead atoms. The normalized spacial score (nSPS) is 19.3. The molecule has 1 unspecified atom stereocenters. The highest BCUT2D eigenvalue weighted by Crippen LogP contribution is 2.20. The van der Waals surface area contributed by atoms with Crippen molar-refractivity contribution in [2.24, 2.45) is 0 Å². The van der Waals surface area contributed by atoms with Crippen LogP contribution in [0.4, 0.5) is 4.39 Å².